The quantitative estimate of drug-likeness (QED) is 0.807. The molecule has 4 nitrogen and oxygen atoms in total. The Kier molecular flexibility index (Phi) is 6.25. The number of thiophene rings is 1. The predicted octanol–water partition coefficient (Wildman–Crippen LogP) is 1.45. The molecule has 1 aromatic heterocycles. The molecule has 0 fully saturated rings. The second-order valence-electron chi connectivity index (χ2n) is 3.37. The first kappa shape index (κ1) is 15.1. The molecule has 1 rings (SSSR count). The summed E-state index contributed by atoms with van der Waals surface area (Å²) in [6.07, 6.45) is 0. The summed E-state index contributed by atoms with van der Waals surface area (Å²) in [5.41, 5.74) is 5.96. The minimum Gasteiger partial charge on any atom is -0.348 e. The Bertz CT molecular complexity index is 379. The zero-order valence-corrected chi connectivity index (χ0v) is 10.8. The molecule has 1 amide bonds. The molecule has 0 aliphatic carbocycles. The number of carbonyl (C=O) groups excluding carboxylic acids is 2. The minimum absolute atomic E-state index is 0. The number of nitrogens with one attached hydrogen (secondary N) is 1. The van der Waals surface area contributed by atoms with Gasteiger partial charge in [0.2, 0.25) is 0 Å². The zero-order chi connectivity index (χ0) is 11.4. The van der Waals surface area contributed by atoms with Crippen LogP contribution < -0.4 is 11.1 Å². The van der Waals surface area contributed by atoms with E-state index in [2.05, 4.69) is 5.32 Å². The molecule has 3 N–H and O–H groups in total. The molecule has 1 heterocycles. The molecule has 6 heteroatoms. The zero-order valence-electron chi connectivity index (χ0n) is 9.15. The number of halogens is 1. The molecule has 0 radical (unpaired) electrons. The molecule has 0 aliphatic rings. The summed E-state index contributed by atoms with van der Waals surface area (Å²) in [4.78, 5) is 23.1. The van der Waals surface area contributed by atoms with Crippen LogP contribution in [0.5, 0.6) is 0 Å². The fraction of sp³-hybridized carbons (Fsp3) is 0.400. The summed E-state index contributed by atoms with van der Waals surface area (Å²) < 4.78 is 0. The van der Waals surface area contributed by atoms with E-state index in [9.17, 15) is 9.59 Å². The fourth-order valence-electron chi connectivity index (χ4n) is 0.994. The summed E-state index contributed by atoms with van der Waals surface area (Å²) in [6, 6.07) is 1.55. The molecule has 1 aromatic rings. The Hall–Kier alpha value is -0.910. The van der Waals surface area contributed by atoms with Gasteiger partial charge in [0.1, 0.15) is 0 Å². The smallest absolute Gasteiger partial charge is 0.261 e. The molecule has 0 saturated heterocycles. The van der Waals surface area contributed by atoms with E-state index in [0.717, 1.165) is 0 Å². The highest BCUT2D eigenvalue weighted by Gasteiger charge is 2.12. The van der Waals surface area contributed by atoms with Crippen molar-refractivity contribution >= 4 is 35.4 Å². The number of rotatable bonds is 4. The number of Topliss-reactive ketones (excluding diaryl/α,β-unsaturated/α-hetero) is 1. The van der Waals surface area contributed by atoms with Gasteiger partial charge >= 0.3 is 0 Å². The molecule has 0 spiro atoms. The molecule has 0 unspecified atom stereocenters. The van der Waals surface area contributed by atoms with Crippen LogP contribution in [0.2, 0.25) is 0 Å². The topological polar surface area (TPSA) is 72.2 Å². The van der Waals surface area contributed by atoms with Gasteiger partial charge in [-0.25, -0.2) is 0 Å². The second-order valence-corrected chi connectivity index (χ2v) is 4.28. The SMILES string of the molecule is CC(=O)c1csc(C(=O)N[C@@H](C)CN)c1.Cl. The van der Waals surface area contributed by atoms with Gasteiger partial charge in [0, 0.05) is 23.5 Å². The number of carbonyl (C=O) groups is 2. The van der Waals surface area contributed by atoms with Crippen LogP contribution in [-0.4, -0.2) is 24.3 Å². The normalized spacial score (nSPS) is 11.4. The van der Waals surface area contributed by atoms with Gasteiger partial charge < -0.3 is 11.1 Å². The van der Waals surface area contributed by atoms with Crippen LogP contribution in [0, 0.1) is 0 Å². The van der Waals surface area contributed by atoms with Crippen LogP contribution in [0.4, 0.5) is 0 Å². The summed E-state index contributed by atoms with van der Waals surface area (Å²) >= 11 is 1.26. The molecule has 0 aliphatic heterocycles. The van der Waals surface area contributed by atoms with E-state index in [-0.39, 0.29) is 30.1 Å². The third-order valence-electron chi connectivity index (χ3n) is 1.96. The van der Waals surface area contributed by atoms with E-state index in [0.29, 0.717) is 17.0 Å². The highest BCUT2D eigenvalue weighted by molar-refractivity contribution is 7.12. The lowest BCUT2D eigenvalue weighted by Gasteiger charge is -2.09. The average molecular weight is 263 g/mol. The van der Waals surface area contributed by atoms with Crippen LogP contribution in [0.1, 0.15) is 33.9 Å². The van der Waals surface area contributed by atoms with Crippen molar-refractivity contribution in [2.24, 2.45) is 5.73 Å². The monoisotopic (exact) mass is 262 g/mol. The van der Waals surface area contributed by atoms with Crippen LogP contribution >= 0.6 is 23.7 Å². The average Bonchev–Trinajstić information content (AvgIpc) is 2.66. The number of amides is 1. The third-order valence-corrected chi connectivity index (χ3v) is 2.89. The Morgan fingerprint density at radius 1 is 1.56 bits per heavy atom. The minimum atomic E-state index is -0.176. The molecule has 0 aromatic carbocycles. The molecular weight excluding hydrogens is 248 g/mol. The standard InChI is InChI=1S/C10H14N2O2S.ClH/c1-6(4-11)12-10(14)9-3-8(5-15-9)7(2)13;/h3,5-6H,4,11H2,1-2H3,(H,12,14);1H/t6-;/m0./s1. The summed E-state index contributed by atoms with van der Waals surface area (Å²) in [5.74, 6) is -0.206. The third kappa shape index (κ3) is 3.92. The van der Waals surface area contributed by atoms with Crippen molar-refractivity contribution in [1.29, 1.82) is 0 Å². The van der Waals surface area contributed by atoms with E-state index < -0.39 is 0 Å². The van der Waals surface area contributed by atoms with E-state index in [1.54, 1.807) is 11.4 Å². The van der Waals surface area contributed by atoms with Crippen molar-refractivity contribution in [1.82, 2.24) is 5.32 Å². The molecule has 0 bridgehead atoms. The van der Waals surface area contributed by atoms with Gasteiger partial charge in [0.05, 0.1) is 4.88 Å². The largest absolute Gasteiger partial charge is 0.348 e. The lowest BCUT2D eigenvalue weighted by molar-refractivity contribution is 0.0945. The van der Waals surface area contributed by atoms with Gasteiger partial charge in [0.15, 0.2) is 5.78 Å². The maximum atomic E-state index is 11.6. The maximum absolute atomic E-state index is 11.6. The van der Waals surface area contributed by atoms with E-state index in [4.69, 9.17) is 5.73 Å². The Morgan fingerprint density at radius 3 is 2.62 bits per heavy atom. The predicted molar refractivity (Wildman–Crippen MR) is 67.6 cm³/mol. The second kappa shape index (κ2) is 6.62. The highest BCUT2D eigenvalue weighted by atomic mass is 35.5. The Morgan fingerprint density at radius 2 is 2.19 bits per heavy atom. The molecule has 1 atom stereocenters. The van der Waals surface area contributed by atoms with Gasteiger partial charge in [-0.3, -0.25) is 9.59 Å². The van der Waals surface area contributed by atoms with Crippen molar-refractivity contribution < 1.29 is 9.59 Å². The Labute approximate surface area is 105 Å². The van der Waals surface area contributed by atoms with Gasteiger partial charge in [-0.15, -0.1) is 23.7 Å². The molecule has 0 saturated carbocycles. The number of hydrogen-bond acceptors (Lipinski definition) is 4. The summed E-state index contributed by atoms with van der Waals surface area (Å²) in [5, 5.41) is 4.42. The van der Waals surface area contributed by atoms with Crippen molar-refractivity contribution in [3.63, 3.8) is 0 Å². The van der Waals surface area contributed by atoms with Gasteiger partial charge in [-0.1, -0.05) is 0 Å². The van der Waals surface area contributed by atoms with Crippen molar-refractivity contribution in [2.75, 3.05) is 6.54 Å². The van der Waals surface area contributed by atoms with E-state index in [1.165, 1.54) is 18.3 Å². The fourth-order valence-corrected chi connectivity index (χ4v) is 1.84. The van der Waals surface area contributed by atoms with Crippen LogP contribution in [0.25, 0.3) is 0 Å². The van der Waals surface area contributed by atoms with Gasteiger partial charge in [0.25, 0.3) is 5.91 Å². The first-order valence-corrected chi connectivity index (χ1v) is 5.53. The van der Waals surface area contributed by atoms with Crippen LogP contribution in [-0.2, 0) is 0 Å². The number of hydrogen-bond donors (Lipinski definition) is 2. The molecular formula is C10H15ClN2O2S. The van der Waals surface area contributed by atoms with Gasteiger partial charge in [-0.2, -0.15) is 0 Å². The molecule has 90 valence electrons. The lowest BCUT2D eigenvalue weighted by Crippen LogP contribution is -2.37. The first-order chi connectivity index (χ1) is 7.04. The highest BCUT2D eigenvalue weighted by Crippen LogP contribution is 2.15. The van der Waals surface area contributed by atoms with Crippen molar-refractivity contribution in [2.45, 2.75) is 19.9 Å². The molecule has 16 heavy (non-hydrogen) atoms. The van der Waals surface area contributed by atoms with Crippen LogP contribution in [0.15, 0.2) is 11.4 Å². The van der Waals surface area contributed by atoms with Crippen molar-refractivity contribution in [3.8, 4) is 0 Å². The van der Waals surface area contributed by atoms with Crippen LogP contribution in [0.3, 0.4) is 0 Å². The van der Waals surface area contributed by atoms with Gasteiger partial charge in [-0.05, 0) is 19.9 Å². The summed E-state index contributed by atoms with van der Waals surface area (Å²) in [6.45, 7) is 3.71. The van der Waals surface area contributed by atoms with Crippen molar-refractivity contribution in [3.05, 3.63) is 21.9 Å². The number of nitrogens with two attached hydrogens (primary N) is 1. The lowest BCUT2D eigenvalue weighted by atomic mass is 10.2. The van der Waals surface area contributed by atoms with E-state index >= 15 is 0 Å². The first-order valence-electron chi connectivity index (χ1n) is 4.65. The van der Waals surface area contributed by atoms with E-state index in [1.807, 2.05) is 6.92 Å². The summed E-state index contributed by atoms with van der Waals surface area (Å²) in [7, 11) is 0. The number of ketones is 1. The Balaban J connectivity index is 0.00000225. The maximum Gasteiger partial charge on any atom is 0.261 e.